The minimum atomic E-state index is 0.0603. The van der Waals surface area contributed by atoms with Crippen molar-refractivity contribution in [2.75, 3.05) is 13.1 Å². The van der Waals surface area contributed by atoms with Crippen LogP contribution in [0, 0.1) is 0 Å². The summed E-state index contributed by atoms with van der Waals surface area (Å²) >= 11 is 0. The number of nitrogens with one attached hydrogen (secondary N) is 1. The number of nitrogens with zero attached hydrogens (tertiary/aromatic N) is 2. The summed E-state index contributed by atoms with van der Waals surface area (Å²) in [6.07, 6.45) is 5.38. The first-order chi connectivity index (χ1) is 12.1. The van der Waals surface area contributed by atoms with Gasteiger partial charge in [0.2, 0.25) is 0 Å². The van der Waals surface area contributed by atoms with Crippen LogP contribution >= 0.6 is 0 Å². The molecule has 1 aliphatic carbocycles. The van der Waals surface area contributed by atoms with Crippen LogP contribution in [0.2, 0.25) is 0 Å². The van der Waals surface area contributed by atoms with Crippen LogP contribution in [-0.2, 0) is 11.8 Å². The van der Waals surface area contributed by atoms with E-state index >= 15 is 0 Å². The Labute approximate surface area is 149 Å². The number of rotatable bonds is 3. The number of likely N-dealkylation sites (tertiary alicyclic amines) is 1. The molecule has 1 aromatic carbocycles. The topological polar surface area (TPSA) is 49.0 Å². The SMILES string of the molecule is CCC(C)N1CCC2(CCc3c2nc(-c2ccccc2)[nH]c3=O)CC1. The van der Waals surface area contributed by atoms with Gasteiger partial charge in [0.25, 0.3) is 5.56 Å². The summed E-state index contributed by atoms with van der Waals surface area (Å²) in [6.45, 7) is 6.80. The molecule has 1 N–H and O–H groups in total. The van der Waals surface area contributed by atoms with Crippen molar-refractivity contribution < 1.29 is 0 Å². The molecule has 0 amide bonds. The van der Waals surface area contributed by atoms with Crippen LogP contribution in [0.4, 0.5) is 0 Å². The van der Waals surface area contributed by atoms with Gasteiger partial charge in [-0.1, -0.05) is 37.3 Å². The van der Waals surface area contributed by atoms with E-state index in [1.54, 1.807) is 0 Å². The van der Waals surface area contributed by atoms with Gasteiger partial charge < -0.3 is 9.88 Å². The van der Waals surface area contributed by atoms with Gasteiger partial charge in [-0.25, -0.2) is 4.98 Å². The maximum absolute atomic E-state index is 12.6. The van der Waals surface area contributed by atoms with E-state index in [2.05, 4.69) is 23.7 Å². The fraction of sp³-hybridized carbons (Fsp3) is 0.524. The van der Waals surface area contributed by atoms with Crippen molar-refractivity contribution in [3.63, 3.8) is 0 Å². The smallest absolute Gasteiger partial charge is 0.254 e. The molecule has 4 nitrogen and oxygen atoms in total. The third-order valence-electron chi connectivity index (χ3n) is 6.39. The quantitative estimate of drug-likeness (QED) is 0.932. The van der Waals surface area contributed by atoms with Gasteiger partial charge in [-0.2, -0.15) is 0 Å². The number of piperidine rings is 1. The lowest BCUT2D eigenvalue weighted by molar-refractivity contribution is 0.117. The Hall–Kier alpha value is -1.94. The second-order valence-corrected chi connectivity index (χ2v) is 7.68. The zero-order chi connectivity index (χ0) is 17.4. The van der Waals surface area contributed by atoms with E-state index in [-0.39, 0.29) is 11.0 Å². The molecule has 0 saturated carbocycles. The molecule has 1 aromatic heterocycles. The highest BCUT2D eigenvalue weighted by atomic mass is 16.1. The van der Waals surface area contributed by atoms with Crippen LogP contribution in [0.1, 0.15) is 50.8 Å². The highest BCUT2D eigenvalue weighted by Gasteiger charge is 2.44. The number of aromatic amines is 1. The van der Waals surface area contributed by atoms with Crippen molar-refractivity contribution in [3.05, 3.63) is 51.9 Å². The summed E-state index contributed by atoms with van der Waals surface area (Å²) in [5.41, 5.74) is 3.17. The number of H-pyrrole nitrogens is 1. The molecule has 2 heterocycles. The van der Waals surface area contributed by atoms with Crippen molar-refractivity contribution in [3.8, 4) is 11.4 Å². The first-order valence-corrected chi connectivity index (χ1v) is 9.56. The highest BCUT2D eigenvalue weighted by Crippen LogP contribution is 2.44. The molecule has 0 bridgehead atoms. The predicted molar refractivity (Wildman–Crippen MR) is 101 cm³/mol. The van der Waals surface area contributed by atoms with Crippen LogP contribution < -0.4 is 5.56 Å². The Balaban J connectivity index is 1.68. The zero-order valence-electron chi connectivity index (χ0n) is 15.2. The van der Waals surface area contributed by atoms with Crippen LogP contribution in [0.3, 0.4) is 0 Å². The fourth-order valence-electron chi connectivity index (χ4n) is 4.52. The van der Waals surface area contributed by atoms with E-state index in [0.717, 1.165) is 61.4 Å². The molecule has 4 rings (SSSR count). The molecule has 1 unspecified atom stereocenters. The normalized spacial score (nSPS) is 20.6. The van der Waals surface area contributed by atoms with Crippen LogP contribution in [-0.4, -0.2) is 34.0 Å². The summed E-state index contributed by atoms with van der Waals surface area (Å²) in [5.74, 6) is 0.718. The number of fused-ring (bicyclic) bond motifs is 2. The van der Waals surface area contributed by atoms with E-state index in [9.17, 15) is 4.79 Å². The number of aromatic nitrogens is 2. The monoisotopic (exact) mass is 337 g/mol. The first kappa shape index (κ1) is 16.5. The predicted octanol–water partition coefficient (Wildman–Crippen LogP) is 3.52. The maximum atomic E-state index is 12.6. The van der Waals surface area contributed by atoms with Crippen molar-refractivity contribution in [1.29, 1.82) is 0 Å². The zero-order valence-corrected chi connectivity index (χ0v) is 15.2. The van der Waals surface area contributed by atoms with Crippen molar-refractivity contribution in [2.24, 2.45) is 0 Å². The highest BCUT2D eigenvalue weighted by molar-refractivity contribution is 5.55. The molecular weight excluding hydrogens is 310 g/mol. The molecule has 0 radical (unpaired) electrons. The van der Waals surface area contributed by atoms with E-state index in [1.165, 1.54) is 6.42 Å². The standard InChI is InChI=1S/C21H27N3O/c1-3-15(2)24-13-11-21(12-14-24)10-9-17-18(21)22-19(23-20(17)25)16-7-5-4-6-8-16/h4-8,15H,3,9-14H2,1-2H3,(H,22,23,25). The lowest BCUT2D eigenvalue weighted by Crippen LogP contribution is -2.45. The van der Waals surface area contributed by atoms with Gasteiger partial charge in [-0.3, -0.25) is 4.79 Å². The average molecular weight is 337 g/mol. The summed E-state index contributed by atoms with van der Waals surface area (Å²) < 4.78 is 0. The summed E-state index contributed by atoms with van der Waals surface area (Å²) in [4.78, 5) is 23.2. The number of hydrogen-bond acceptors (Lipinski definition) is 3. The molecule has 1 fully saturated rings. The van der Waals surface area contributed by atoms with Gasteiger partial charge in [0.1, 0.15) is 5.82 Å². The maximum Gasteiger partial charge on any atom is 0.254 e. The molecule has 1 aliphatic heterocycles. The third-order valence-corrected chi connectivity index (χ3v) is 6.39. The second-order valence-electron chi connectivity index (χ2n) is 7.68. The number of benzene rings is 1. The summed E-state index contributed by atoms with van der Waals surface area (Å²) in [6, 6.07) is 10.6. The molecule has 2 aliphatic rings. The van der Waals surface area contributed by atoms with Crippen molar-refractivity contribution in [1.82, 2.24) is 14.9 Å². The molecule has 1 saturated heterocycles. The van der Waals surface area contributed by atoms with Gasteiger partial charge in [0.05, 0.1) is 5.69 Å². The Morgan fingerprint density at radius 1 is 1.20 bits per heavy atom. The fourth-order valence-corrected chi connectivity index (χ4v) is 4.52. The minimum absolute atomic E-state index is 0.0603. The average Bonchev–Trinajstić information content (AvgIpc) is 3.01. The van der Waals surface area contributed by atoms with Gasteiger partial charge in [0, 0.05) is 22.6 Å². The lowest BCUT2D eigenvalue weighted by atomic mass is 9.76. The van der Waals surface area contributed by atoms with Gasteiger partial charge in [-0.15, -0.1) is 0 Å². The second kappa shape index (κ2) is 6.41. The third kappa shape index (κ3) is 2.82. The largest absolute Gasteiger partial charge is 0.306 e. The van der Waals surface area contributed by atoms with E-state index in [4.69, 9.17) is 4.98 Å². The van der Waals surface area contributed by atoms with Crippen molar-refractivity contribution in [2.45, 2.75) is 57.4 Å². The molecule has 132 valence electrons. The molecule has 25 heavy (non-hydrogen) atoms. The minimum Gasteiger partial charge on any atom is -0.306 e. The van der Waals surface area contributed by atoms with Crippen LogP contribution in [0.25, 0.3) is 11.4 Å². The summed E-state index contributed by atoms with van der Waals surface area (Å²) in [7, 11) is 0. The molecule has 1 atom stereocenters. The van der Waals surface area contributed by atoms with Crippen LogP contribution in [0.15, 0.2) is 35.1 Å². The van der Waals surface area contributed by atoms with Gasteiger partial charge in [0.15, 0.2) is 0 Å². The van der Waals surface area contributed by atoms with E-state index < -0.39 is 0 Å². The van der Waals surface area contributed by atoms with Gasteiger partial charge in [-0.05, 0) is 52.1 Å². The van der Waals surface area contributed by atoms with E-state index in [0.29, 0.717) is 6.04 Å². The Morgan fingerprint density at radius 2 is 1.92 bits per heavy atom. The Bertz CT molecular complexity index is 804. The molecule has 2 aromatic rings. The molecule has 1 spiro atoms. The Morgan fingerprint density at radius 3 is 2.60 bits per heavy atom. The van der Waals surface area contributed by atoms with Crippen LogP contribution in [0.5, 0.6) is 0 Å². The molecular formula is C21H27N3O. The Kier molecular flexibility index (Phi) is 4.24. The number of hydrogen-bond donors (Lipinski definition) is 1. The van der Waals surface area contributed by atoms with Gasteiger partial charge >= 0.3 is 0 Å². The van der Waals surface area contributed by atoms with E-state index in [1.807, 2.05) is 30.3 Å². The van der Waals surface area contributed by atoms with Crippen molar-refractivity contribution >= 4 is 0 Å². The first-order valence-electron chi connectivity index (χ1n) is 9.56. The lowest BCUT2D eigenvalue weighted by Gasteiger charge is -2.41. The molecule has 4 heteroatoms. The summed E-state index contributed by atoms with van der Waals surface area (Å²) in [5, 5.41) is 0.